The second-order valence-electron chi connectivity index (χ2n) is 2.96. The highest BCUT2D eigenvalue weighted by atomic mass is 35.5. The van der Waals surface area contributed by atoms with Gasteiger partial charge in [0.05, 0.1) is 6.07 Å². The number of anilines is 1. The molecule has 0 fully saturated rings. The van der Waals surface area contributed by atoms with E-state index < -0.39 is 11.8 Å². The standard InChI is InChI=1S/C10H8ClN3OS/c11-6-1-3-7(4-2-6)14-10(16)8(5-12)9(13)15/h1-4,8H,(H2,13,15)(H,14,16)/t8-/m0/s1. The Morgan fingerprint density at radius 3 is 2.50 bits per heavy atom. The van der Waals surface area contributed by atoms with Gasteiger partial charge in [0.1, 0.15) is 4.99 Å². The molecule has 0 unspecified atom stereocenters. The summed E-state index contributed by atoms with van der Waals surface area (Å²) in [6.07, 6.45) is 0. The quantitative estimate of drug-likeness (QED) is 0.804. The molecule has 0 spiro atoms. The third-order valence-corrected chi connectivity index (χ3v) is 2.38. The molecular weight excluding hydrogens is 246 g/mol. The summed E-state index contributed by atoms with van der Waals surface area (Å²) in [6.45, 7) is 0. The van der Waals surface area contributed by atoms with Crippen LogP contribution in [0.2, 0.25) is 5.02 Å². The average molecular weight is 254 g/mol. The zero-order valence-corrected chi connectivity index (χ0v) is 9.68. The Balaban J connectivity index is 2.75. The molecule has 0 aliphatic carbocycles. The SMILES string of the molecule is N#C[C@@H](C(N)=O)C(=S)Nc1ccc(Cl)cc1. The first-order chi connectivity index (χ1) is 7.54. The number of amides is 1. The van der Waals surface area contributed by atoms with Crippen LogP contribution in [0.5, 0.6) is 0 Å². The molecule has 6 heteroatoms. The van der Waals surface area contributed by atoms with Crippen LogP contribution in [0.1, 0.15) is 0 Å². The van der Waals surface area contributed by atoms with E-state index in [1.54, 1.807) is 30.3 Å². The summed E-state index contributed by atoms with van der Waals surface area (Å²) in [5.74, 6) is -1.89. The molecule has 82 valence electrons. The number of nitrogens with two attached hydrogens (primary N) is 1. The zero-order valence-electron chi connectivity index (χ0n) is 8.11. The minimum Gasteiger partial charge on any atom is -0.368 e. The molecule has 1 atom stereocenters. The maximum atomic E-state index is 10.9. The number of thiocarbonyl (C=S) groups is 1. The van der Waals surface area contributed by atoms with Gasteiger partial charge in [-0.15, -0.1) is 0 Å². The van der Waals surface area contributed by atoms with Gasteiger partial charge in [-0.3, -0.25) is 4.79 Å². The number of nitriles is 1. The Morgan fingerprint density at radius 2 is 2.06 bits per heavy atom. The van der Waals surface area contributed by atoms with Crippen molar-refractivity contribution in [3.8, 4) is 6.07 Å². The highest BCUT2D eigenvalue weighted by Gasteiger charge is 2.19. The first-order valence-electron chi connectivity index (χ1n) is 4.30. The molecule has 3 N–H and O–H groups in total. The Labute approximate surface area is 103 Å². The molecule has 1 aromatic carbocycles. The second kappa shape index (κ2) is 5.45. The summed E-state index contributed by atoms with van der Waals surface area (Å²) in [5, 5.41) is 12.0. The van der Waals surface area contributed by atoms with Gasteiger partial charge in [-0.1, -0.05) is 23.8 Å². The summed E-state index contributed by atoms with van der Waals surface area (Å²) < 4.78 is 0. The van der Waals surface area contributed by atoms with Crippen LogP contribution in [0.4, 0.5) is 5.69 Å². The highest BCUT2D eigenvalue weighted by molar-refractivity contribution is 7.80. The lowest BCUT2D eigenvalue weighted by Gasteiger charge is -2.10. The zero-order chi connectivity index (χ0) is 12.1. The Hall–Kier alpha value is -1.64. The number of nitrogens with one attached hydrogen (secondary N) is 1. The van der Waals surface area contributed by atoms with Crippen LogP contribution >= 0.6 is 23.8 Å². The molecule has 16 heavy (non-hydrogen) atoms. The Morgan fingerprint density at radius 1 is 1.50 bits per heavy atom. The van der Waals surface area contributed by atoms with Crippen molar-refractivity contribution in [2.24, 2.45) is 11.7 Å². The fourth-order valence-electron chi connectivity index (χ4n) is 0.999. The van der Waals surface area contributed by atoms with E-state index in [4.69, 9.17) is 34.8 Å². The van der Waals surface area contributed by atoms with Crippen molar-refractivity contribution in [3.05, 3.63) is 29.3 Å². The number of carbonyl (C=O) groups excluding carboxylic acids is 1. The van der Waals surface area contributed by atoms with Crippen LogP contribution < -0.4 is 11.1 Å². The largest absolute Gasteiger partial charge is 0.368 e. The minimum atomic E-state index is -1.12. The number of nitrogens with zero attached hydrogens (tertiary/aromatic N) is 1. The average Bonchev–Trinajstić information content (AvgIpc) is 2.22. The van der Waals surface area contributed by atoms with E-state index in [2.05, 4.69) is 5.32 Å². The van der Waals surface area contributed by atoms with Crippen molar-refractivity contribution in [3.63, 3.8) is 0 Å². The maximum absolute atomic E-state index is 10.9. The summed E-state index contributed by atoms with van der Waals surface area (Å²) in [4.78, 5) is 10.9. The monoisotopic (exact) mass is 253 g/mol. The normalized spacial score (nSPS) is 11.2. The van der Waals surface area contributed by atoms with Gasteiger partial charge >= 0.3 is 0 Å². The van der Waals surface area contributed by atoms with Gasteiger partial charge in [-0.25, -0.2) is 0 Å². The van der Waals surface area contributed by atoms with Crippen LogP contribution in [-0.2, 0) is 4.79 Å². The van der Waals surface area contributed by atoms with E-state index in [-0.39, 0.29) is 4.99 Å². The summed E-state index contributed by atoms with van der Waals surface area (Å²) >= 11 is 10.6. The molecule has 1 aromatic rings. The molecule has 0 aliphatic rings. The third kappa shape index (κ3) is 3.19. The van der Waals surface area contributed by atoms with Gasteiger partial charge in [0.15, 0.2) is 5.92 Å². The van der Waals surface area contributed by atoms with E-state index >= 15 is 0 Å². The molecule has 0 aliphatic heterocycles. The Kier molecular flexibility index (Phi) is 4.23. The maximum Gasteiger partial charge on any atom is 0.241 e. The molecule has 4 nitrogen and oxygen atoms in total. The van der Waals surface area contributed by atoms with Crippen LogP contribution in [-0.4, -0.2) is 10.9 Å². The Bertz CT molecular complexity index is 452. The topological polar surface area (TPSA) is 78.9 Å². The van der Waals surface area contributed by atoms with Crippen LogP contribution in [0.15, 0.2) is 24.3 Å². The van der Waals surface area contributed by atoms with Crippen molar-refractivity contribution in [1.82, 2.24) is 0 Å². The first-order valence-corrected chi connectivity index (χ1v) is 5.08. The number of primary amides is 1. The second-order valence-corrected chi connectivity index (χ2v) is 3.84. The van der Waals surface area contributed by atoms with Crippen LogP contribution in [0, 0.1) is 17.2 Å². The number of halogens is 1. The van der Waals surface area contributed by atoms with Gasteiger partial charge in [0.2, 0.25) is 5.91 Å². The van der Waals surface area contributed by atoms with Crippen molar-refractivity contribution in [2.45, 2.75) is 0 Å². The third-order valence-electron chi connectivity index (χ3n) is 1.79. The highest BCUT2D eigenvalue weighted by Crippen LogP contribution is 2.14. The van der Waals surface area contributed by atoms with Gasteiger partial charge < -0.3 is 11.1 Å². The molecule has 0 heterocycles. The lowest BCUT2D eigenvalue weighted by Crippen LogP contribution is -2.32. The first kappa shape index (κ1) is 12.4. The van der Waals surface area contributed by atoms with E-state index in [0.717, 1.165) is 0 Å². The van der Waals surface area contributed by atoms with Gasteiger partial charge in [0, 0.05) is 10.7 Å². The fourth-order valence-corrected chi connectivity index (χ4v) is 1.41. The molecular formula is C10H8ClN3OS. The molecule has 0 aromatic heterocycles. The minimum absolute atomic E-state index is 0.0809. The molecule has 0 bridgehead atoms. The molecule has 1 amide bonds. The predicted octanol–water partition coefficient (Wildman–Crippen LogP) is 1.70. The number of hydrogen-bond acceptors (Lipinski definition) is 3. The number of hydrogen-bond donors (Lipinski definition) is 2. The fraction of sp³-hybridized carbons (Fsp3) is 0.100. The summed E-state index contributed by atoms with van der Waals surface area (Å²) in [7, 11) is 0. The lowest BCUT2D eigenvalue weighted by atomic mass is 10.1. The van der Waals surface area contributed by atoms with Gasteiger partial charge in [-0.2, -0.15) is 5.26 Å². The number of carbonyl (C=O) groups is 1. The molecule has 0 saturated heterocycles. The lowest BCUT2D eigenvalue weighted by molar-refractivity contribution is -0.118. The van der Waals surface area contributed by atoms with Crippen molar-refractivity contribution >= 4 is 40.4 Å². The number of benzene rings is 1. The van der Waals surface area contributed by atoms with Crippen molar-refractivity contribution in [2.75, 3.05) is 5.32 Å². The van der Waals surface area contributed by atoms with E-state index in [1.807, 2.05) is 0 Å². The van der Waals surface area contributed by atoms with Crippen molar-refractivity contribution in [1.29, 1.82) is 5.26 Å². The number of rotatable bonds is 3. The summed E-state index contributed by atoms with van der Waals surface area (Å²) in [5.41, 5.74) is 5.66. The van der Waals surface area contributed by atoms with E-state index in [9.17, 15) is 4.79 Å². The summed E-state index contributed by atoms with van der Waals surface area (Å²) in [6, 6.07) is 8.43. The van der Waals surface area contributed by atoms with E-state index in [1.165, 1.54) is 0 Å². The molecule has 0 saturated carbocycles. The molecule has 0 radical (unpaired) electrons. The van der Waals surface area contributed by atoms with Crippen LogP contribution in [0.3, 0.4) is 0 Å². The smallest absolute Gasteiger partial charge is 0.241 e. The van der Waals surface area contributed by atoms with Crippen LogP contribution in [0.25, 0.3) is 0 Å². The van der Waals surface area contributed by atoms with E-state index in [0.29, 0.717) is 10.7 Å². The van der Waals surface area contributed by atoms with Crippen molar-refractivity contribution < 1.29 is 4.79 Å². The van der Waals surface area contributed by atoms with Gasteiger partial charge in [-0.05, 0) is 24.3 Å². The van der Waals surface area contributed by atoms with Gasteiger partial charge in [0.25, 0.3) is 0 Å². The predicted molar refractivity (Wildman–Crippen MR) is 66.0 cm³/mol. The molecule has 1 rings (SSSR count).